The van der Waals surface area contributed by atoms with Crippen LogP contribution in [0.3, 0.4) is 0 Å². The summed E-state index contributed by atoms with van der Waals surface area (Å²) in [6, 6.07) is 11.6. The van der Waals surface area contributed by atoms with E-state index < -0.39 is 0 Å². The summed E-state index contributed by atoms with van der Waals surface area (Å²) in [5.74, 6) is 0.566. The third-order valence-corrected chi connectivity index (χ3v) is 4.81. The molecule has 1 aromatic carbocycles. The molecule has 5 nitrogen and oxygen atoms in total. The van der Waals surface area contributed by atoms with Crippen LogP contribution >= 0.6 is 11.6 Å². The summed E-state index contributed by atoms with van der Waals surface area (Å²) in [6.45, 7) is 2.20. The largest absolute Gasteiger partial charge is 0.306 e. The molecule has 0 saturated heterocycles. The maximum Gasteiger partial charge on any atom is 0.254 e. The van der Waals surface area contributed by atoms with Crippen molar-refractivity contribution in [3.05, 3.63) is 81.0 Å². The number of H-pyrrole nitrogens is 1. The first-order valence-electron chi connectivity index (χ1n) is 8.19. The van der Waals surface area contributed by atoms with Crippen LogP contribution in [0.15, 0.2) is 53.6 Å². The summed E-state index contributed by atoms with van der Waals surface area (Å²) < 4.78 is 0. The Morgan fingerprint density at radius 2 is 2.08 bits per heavy atom. The molecule has 126 valence electrons. The molecule has 6 heteroatoms. The van der Waals surface area contributed by atoms with Crippen LogP contribution < -0.4 is 5.56 Å². The van der Waals surface area contributed by atoms with Gasteiger partial charge in [0.05, 0.1) is 5.69 Å². The van der Waals surface area contributed by atoms with Crippen LogP contribution in [0.4, 0.5) is 0 Å². The highest BCUT2D eigenvalue weighted by atomic mass is 35.5. The molecule has 0 bridgehead atoms. The molecule has 0 aliphatic carbocycles. The highest BCUT2D eigenvalue weighted by Gasteiger charge is 2.22. The lowest BCUT2D eigenvalue weighted by molar-refractivity contribution is 0.240. The molecule has 25 heavy (non-hydrogen) atoms. The van der Waals surface area contributed by atoms with Crippen LogP contribution in [0, 0.1) is 0 Å². The van der Waals surface area contributed by atoms with Crippen molar-refractivity contribution in [1.29, 1.82) is 0 Å². The van der Waals surface area contributed by atoms with Gasteiger partial charge in [0.25, 0.3) is 5.56 Å². The second kappa shape index (κ2) is 6.78. The van der Waals surface area contributed by atoms with Crippen LogP contribution in [0.5, 0.6) is 0 Å². The van der Waals surface area contributed by atoms with Crippen molar-refractivity contribution in [1.82, 2.24) is 19.9 Å². The summed E-state index contributed by atoms with van der Waals surface area (Å²) in [5.41, 5.74) is 3.46. The molecule has 3 aromatic rings. The van der Waals surface area contributed by atoms with E-state index in [1.807, 2.05) is 36.4 Å². The molecule has 1 aliphatic heterocycles. The molecule has 0 unspecified atom stereocenters. The Balaban J connectivity index is 1.63. The Morgan fingerprint density at radius 3 is 2.88 bits per heavy atom. The summed E-state index contributed by atoms with van der Waals surface area (Å²) in [7, 11) is 0. The van der Waals surface area contributed by atoms with Crippen LogP contribution in [0.25, 0.3) is 11.4 Å². The predicted molar refractivity (Wildman–Crippen MR) is 97.4 cm³/mol. The monoisotopic (exact) mass is 352 g/mol. The fourth-order valence-corrected chi connectivity index (χ4v) is 3.33. The number of rotatable bonds is 3. The Labute approximate surface area is 150 Å². The fraction of sp³-hybridized carbons (Fsp3) is 0.211. The number of aromatic amines is 1. The summed E-state index contributed by atoms with van der Waals surface area (Å²) in [5, 5.41) is 0.767. The van der Waals surface area contributed by atoms with Gasteiger partial charge in [-0.2, -0.15) is 0 Å². The molecule has 0 saturated carbocycles. The third kappa shape index (κ3) is 3.34. The zero-order valence-corrected chi connectivity index (χ0v) is 14.3. The first-order chi connectivity index (χ1) is 12.2. The minimum absolute atomic E-state index is 0.0544. The molecule has 4 rings (SSSR count). The number of benzene rings is 1. The third-order valence-electron chi connectivity index (χ3n) is 4.44. The van der Waals surface area contributed by atoms with E-state index in [0.717, 1.165) is 40.5 Å². The number of hydrogen-bond acceptors (Lipinski definition) is 4. The van der Waals surface area contributed by atoms with Crippen molar-refractivity contribution in [3.63, 3.8) is 0 Å². The normalized spacial score (nSPS) is 14.3. The second-order valence-electron chi connectivity index (χ2n) is 6.13. The summed E-state index contributed by atoms with van der Waals surface area (Å²) in [4.78, 5) is 26.4. The number of hydrogen-bond donors (Lipinski definition) is 1. The van der Waals surface area contributed by atoms with Gasteiger partial charge in [0.15, 0.2) is 0 Å². The molecule has 1 aliphatic rings. The molecular weight excluding hydrogens is 336 g/mol. The van der Waals surface area contributed by atoms with E-state index >= 15 is 0 Å². The summed E-state index contributed by atoms with van der Waals surface area (Å²) in [6.07, 6.45) is 4.09. The molecule has 0 fully saturated rings. The van der Waals surface area contributed by atoms with Gasteiger partial charge in [-0.3, -0.25) is 14.7 Å². The molecule has 0 spiro atoms. The minimum Gasteiger partial charge on any atom is -0.306 e. The Hall–Kier alpha value is -2.50. The van der Waals surface area contributed by atoms with E-state index in [-0.39, 0.29) is 5.56 Å². The van der Waals surface area contributed by atoms with Gasteiger partial charge in [0, 0.05) is 48.2 Å². The quantitative estimate of drug-likeness (QED) is 0.787. The topological polar surface area (TPSA) is 61.9 Å². The predicted octanol–water partition coefficient (Wildman–Crippen LogP) is 3.04. The number of pyridine rings is 1. The Morgan fingerprint density at radius 1 is 1.20 bits per heavy atom. The van der Waals surface area contributed by atoms with Crippen molar-refractivity contribution in [2.75, 3.05) is 6.54 Å². The maximum atomic E-state index is 12.4. The van der Waals surface area contributed by atoms with Gasteiger partial charge >= 0.3 is 0 Å². The van der Waals surface area contributed by atoms with Gasteiger partial charge in [-0.15, -0.1) is 0 Å². The molecular formula is C19H17ClN4O. The molecule has 3 heterocycles. The van der Waals surface area contributed by atoms with E-state index in [0.29, 0.717) is 18.8 Å². The van der Waals surface area contributed by atoms with E-state index in [1.165, 1.54) is 0 Å². The van der Waals surface area contributed by atoms with E-state index in [4.69, 9.17) is 11.6 Å². The van der Waals surface area contributed by atoms with Gasteiger partial charge < -0.3 is 4.98 Å². The number of aromatic nitrogens is 3. The molecule has 2 aromatic heterocycles. The maximum absolute atomic E-state index is 12.4. The van der Waals surface area contributed by atoms with E-state index in [2.05, 4.69) is 19.9 Å². The minimum atomic E-state index is -0.0544. The Kier molecular flexibility index (Phi) is 4.34. The van der Waals surface area contributed by atoms with Crippen LogP contribution in [0.1, 0.15) is 16.8 Å². The van der Waals surface area contributed by atoms with Gasteiger partial charge in [0.2, 0.25) is 0 Å². The lowest BCUT2D eigenvalue weighted by atomic mass is 10.1. The van der Waals surface area contributed by atoms with Crippen LogP contribution in [-0.4, -0.2) is 26.4 Å². The Bertz CT molecular complexity index is 955. The molecule has 0 amide bonds. The van der Waals surface area contributed by atoms with Crippen molar-refractivity contribution >= 4 is 11.6 Å². The van der Waals surface area contributed by atoms with E-state index in [1.54, 1.807) is 12.4 Å². The smallest absolute Gasteiger partial charge is 0.254 e. The zero-order valence-electron chi connectivity index (χ0n) is 13.6. The van der Waals surface area contributed by atoms with Gasteiger partial charge in [-0.05, 0) is 30.2 Å². The number of nitrogens with one attached hydrogen (secondary N) is 1. The highest BCUT2D eigenvalue weighted by molar-refractivity contribution is 6.31. The highest BCUT2D eigenvalue weighted by Crippen LogP contribution is 2.22. The van der Waals surface area contributed by atoms with Crippen LogP contribution in [0.2, 0.25) is 5.02 Å². The zero-order chi connectivity index (χ0) is 17.2. The van der Waals surface area contributed by atoms with Crippen molar-refractivity contribution in [2.45, 2.75) is 19.5 Å². The number of nitrogens with zero attached hydrogens (tertiary/aromatic N) is 3. The molecule has 0 radical (unpaired) electrons. The van der Waals surface area contributed by atoms with Gasteiger partial charge in [-0.1, -0.05) is 29.8 Å². The van der Waals surface area contributed by atoms with Crippen molar-refractivity contribution in [3.8, 4) is 11.4 Å². The SMILES string of the molecule is O=c1[nH]c(-c2cccnc2)nc2c1CCN(Cc1ccccc1Cl)C2. The number of halogens is 1. The number of fused-ring (bicyclic) bond motifs is 1. The summed E-state index contributed by atoms with van der Waals surface area (Å²) >= 11 is 6.27. The average Bonchev–Trinajstić information content (AvgIpc) is 2.64. The first-order valence-corrected chi connectivity index (χ1v) is 8.57. The lowest BCUT2D eigenvalue weighted by Crippen LogP contribution is -2.35. The van der Waals surface area contributed by atoms with Gasteiger partial charge in [-0.25, -0.2) is 4.98 Å². The van der Waals surface area contributed by atoms with Crippen LogP contribution in [-0.2, 0) is 19.5 Å². The molecule has 1 N–H and O–H groups in total. The fourth-order valence-electron chi connectivity index (χ4n) is 3.14. The van der Waals surface area contributed by atoms with Crippen molar-refractivity contribution < 1.29 is 0 Å². The van der Waals surface area contributed by atoms with E-state index in [9.17, 15) is 4.79 Å². The van der Waals surface area contributed by atoms with Gasteiger partial charge in [0.1, 0.15) is 5.82 Å². The van der Waals surface area contributed by atoms with Crippen molar-refractivity contribution in [2.24, 2.45) is 0 Å². The first kappa shape index (κ1) is 16.0. The second-order valence-corrected chi connectivity index (χ2v) is 6.54. The lowest BCUT2D eigenvalue weighted by Gasteiger charge is -2.28. The molecule has 0 atom stereocenters. The average molecular weight is 353 g/mol. The standard InChI is InChI=1S/C19H17ClN4O/c20-16-6-2-1-4-14(16)11-24-9-7-15-17(12-24)22-18(23-19(15)25)13-5-3-8-21-10-13/h1-6,8,10H,7,9,11-12H2,(H,22,23,25).